The summed E-state index contributed by atoms with van der Waals surface area (Å²) in [5.74, 6) is 2.45. The summed E-state index contributed by atoms with van der Waals surface area (Å²) >= 11 is 1.59. The van der Waals surface area contributed by atoms with Crippen LogP contribution in [-0.2, 0) is 11.2 Å². The van der Waals surface area contributed by atoms with Crippen LogP contribution in [0.15, 0.2) is 57.7 Å². The number of nitrogens with zero attached hydrogens (tertiary/aromatic N) is 5. The third-order valence-electron chi connectivity index (χ3n) is 9.28. The number of hydrogen-bond acceptors (Lipinski definition) is 9. The molecule has 2 N–H and O–H groups in total. The van der Waals surface area contributed by atoms with Crippen molar-refractivity contribution in [2.45, 2.75) is 88.6 Å². The molecule has 4 heterocycles. The van der Waals surface area contributed by atoms with E-state index in [1.165, 1.54) is 0 Å². The zero-order valence-electron chi connectivity index (χ0n) is 24.5. The lowest BCUT2D eigenvalue weighted by atomic mass is 9.63. The minimum Gasteiger partial charge on any atom is -0.415 e. The monoisotopic (exact) mass is 588 g/mol. The van der Waals surface area contributed by atoms with Crippen molar-refractivity contribution < 1.29 is 14.3 Å². The van der Waals surface area contributed by atoms with E-state index in [1.807, 2.05) is 36.5 Å². The molecule has 1 aromatic carbocycles. The molecule has 1 unspecified atom stereocenters. The predicted octanol–water partition coefficient (Wildman–Crippen LogP) is 5.24. The van der Waals surface area contributed by atoms with Crippen LogP contribution in [0.5, 0.6) is 0 Å². The number of aliphatic hydroxyl groups is 1. The van der Waals surface area contributed by atoms with Gasteiger partial charge in [0, 0.05) is 43.7 Å². The Morgan fingerprint density at radius 2 is 1.74 bits per heavy atom. The van der Waals surface area contributed by atoms with Gasteiger partial charge in [0.05, 0.1) is 34.6 Å². The Hall–Kier alpha value is -2.92. The van der Waals surface area contributed by atoms with Gasteiger partial charge in [0.1, 0.15) is 10.7 Å². The van der Waals surface area contributed by atoms with Crippen LogP contribution in [0.1, 0.15) is 63.8 Å². The second-order valence-electron chi connectivity index (χ2n) is 12.8. The molecule has 0 spiro atoms. The first-order valence-electron chi connectivity index (χ1n) is 15.3. The molecule has 3 saturated carbocycles. The summed E-state index contributed by atoms with van der Waals surface area (Å²) in [7, 11) is 0. The van der Waals surface area contributed by atoms with Gasteiger partial charge in [0.2, 0.25) is 5.89 Å². The number of hydrogen-bond donors (Lipinski definition) is 2. The van der Waals surface area contributed by atoms with Crippen LogP contribution < -0.4 is 5.32 Å². The lowest BCUT2D eigenvalue weighted by Gasteiger charge is -2.49. The van der Waals surface area contributed by atoms with Crippen LogP contribution in [0.2, 0.25) is 0 Å². The van der Waals surface area contributed by atoms with E-state index in [2.05, 4.69) is 40.3 Å². The van der Waals surface area contributed by atoms with Gasteiger partial charge in [0.25, 0.3) is 5.89 Å². The van der Waals surface area contributed by atoms with Gasteiger partial charge in [-0.25, -0.2) is 4.98 Å². The largest absolute Gasteiger partial charge is 0.415 e. The first kappa shape index (κ1) is 27.9. The van der Waals surface area contributed by atoms with Crippen LogP contribution in [0.4, 0.5) is 0 Å². The number of aliphatic imine (C=N–C) groups is 1. The van der Waals surface area contributed by atoms with Gasteiger partial charge in [0.15, 0.2) is 0 Å². The summed E-state index contributed by atoms with van der Waals surface area (Å²) in [6, 6.07) is 9.82. The van der Waals surface area contributed by atoms with Crippen LogP contribution >= 0.6 is 11.3 Å². The number of thiazole rings is 1. The molecular formula is C32H40N6O3S. The van der Waals surface area contributed by atoms with Crippen molar-refractivity contribution in [3.63, 3.8) is 0 Å². The minimum atomic E-state index is -0.456. The van der Waals surface area contributed by atoms with Crippen molar-refractivity contribution in [1.29, 1.82) is 0 Å². The summed E-state index contributed by atoms with van der Waals surface area (Å²) < 4.78 is 12.0. The van der Waals surface area contributed by atoms with E-state index in [1.54, 1.807) is 11.3 Å². The Bertz CT molecular complexity index is 1430. The van der Waals surface area contributed by atoms with Crippen LogP contribution in [-0.4, -0.2) is 74.0 Å². The van der Waals surface area contributed by atoms with Gasteiger partial charge >= 0.3 is 0 Å². The fourth-order valence-electron chi connectivity index (χ4n) is 7.20. The fraction of sp³-hybridized carbons (Fsp3) is 0.562. The molecule has 3 aliphatic carbocycles. The van der Waals surface area contributed by atoms with Crippen LogP contribution in [0, 0.1) is 5.92 Å². The van der Waals surface area contributed by atoms with Crippen molar-refractivity contribution in [2.24, 2.45) is 10.9 Å². The maximum Gasteiger partial charge on any atom is 0.259 e. The highest BCUT2D eigenvalue weighted by molar-refractivity contribution is 7.15. The normalized spacial score (nSPS) is 32.6. The molecule has 2 bridgehead atoms. The SMILES string of the molecule is C[C@@H]1CN(CC2C=C(Cc3ncc(-c4nnc(-c5ccccc5)o4)s3)NC(=NC34CCC(O)(CC3)CC4)C2)C[C@H](C)O1. The number of morpholine rings is 1. The van der Waals surface area contributed by atoms with Gasteiger partial charge in [-0.15, -0.1) is 21.5 Å². The second-order valence-corrected chi connectivity index (χ2v) is 14.0. The highest BCUT2D eigenvalue weighted by atomic mass is 32.1. The Morgan fingerprint density at radius 1 is 1.02 bits per heavy atom. The van der Waals surface area contributed by atoms with E-state index in [4.69, 9.17) is 19.1 Å². The number of fused-ring (bicyclic) bond motifs is 3. The topological polar surface area (TPSA) is 109 Å². The summed E-state index contributed by atoms with van der Waals surface area (Å²) in [4.78, 5) is 13.6. The number of ether oxygens (including phenoxy) is 1. The van der Waals surface area contributed by atoms with Crippen molar-refractivity contribution in [2.75, 3.05) is 19.6 Å². The van der Waals surface area contributed by atoms with E-state index in [0.29, 0.717) is 24.1 Å². The predicted molar refractivity (Wildman–Crippen MR) is 163 cm³/mol. The lowest BCUT2D eigenvalue weighted by Crippen LogP contribution is -2.50. The van der Waals surface area contributed by atoms with E-state index >= 15 is 0 Å². The number of rotatable bonds is 7. The molecule has 2 aliphatic heterocycles. The maximum atomic E-state index is 10.7. The Kier molecular flexibility index (Phi) is 7.50. The second kappa shape index (κ2) is 11.3. The van der Waals surface area contributed by atoms with E-state index in [-0.39, 0.29) is 17.7 Å². The average molecular weight is 589 g/mol. The molecule has 3 atom stereocenters. The van der Waals surface area contributed by atoms with Crippen molar-refractivity contribution >= 4 is 17.2 Å². The van der Waals surface area contributed by atoms with Crippen molar-refractivity contribution in [3.05, 3.63) is 53.3 Å². The molecule has 4 fully saturated rings. The molecular weight excluding hydrogens is 548 g/mol. The van der Waals surface area contributed by atoms with E-state index in [0.717, 1.165) is 91.6 Å². The third-order valence-corrected chi connectivity index (χ3v) is 10.3. The molecule has 0 amide bonds. The zero-order valence-corrected chi connectivity index (χ0v) is 25.3. The molecule has 3 aromatic rings. The molecule has 5 aliphatic rings. The molecule has 222 valence electrons. The van der Waals surface area contributed by atoms with E-state index in [9.17, 15) is 5.11 Å². The van der Waals surface area contributed by atoms with Gasteiger partial charge in [-0.3, -0.25) is 9.89 Å². The van der Waals surface area contributed by atoms with Crippen molar-refractivity contribution in [3.8, 4) is 22.2 Å². The Labute approximate surface area is 251 Å². The summed E-state index contributed by atoms with van der Waals surface area (Å²) in [6.07, 6.45) is 11.8. The first-order valence-corrected chi connectivity index (χ1v) is 16.1. The quantitative estimate of drug-likeness (QED) is 0.386. The van der Waals surface area contributed by atoms with Gasteiger partial charge in [-0.05, 0) is 70.4 Å². The van der Waals surface area contributed by atoms with Crippen LogP contribution in [0.25, 0.3) is 22.2 Å². The third kappa shape index (κ3) is 6.08. The minimum absolute atomic E-state index is 0.0371. The Morgan fingerprint density at radius 3 is 2.48 bits per heavy atom. The smallest absolute Gasteiger partial charge is 0.259 e. The highest BCUT2D eigenvalue weighted by Crippen LogP contribution is 2.49. The highest BCUT2D eigenvalue weighted by Gasteiger charge is 2.48. The number of nitrogens with one attached hydrogen (secondary N) is 1. The van der Waals surface area contributed by atoms with Crippen LogP contribution in [0.3, 0.4) is 0 Å². The average Bonchev–Trinajstić information content (AvgIpc) is 3.64. The maximum absolute atomic E-state index is 10.7. The Balaban J connectivity index is 1.10. The lowest BCUT2D eigenvalue weighted by molar-refractivity contribution is -0.0701. The summed E-state index contributed by atoms with van der Waals surface area (Å²) in [6.45, 7) is 7.23. The zero-order chi connectivity index (χ0) is 28.7. The number of allylic oxidation sites excluding steroid dienone is 1. The fourth-order valence-corrected chi connectivity index (χ4v) is 8.07. The van der Waals surface area contributed by atoms with Gasteiger partial charge in [-0.2, -0.15) is 0 Å². The van der Waals surface area contributed by atoms with E-state index < -0.39 is 5.60 Å². The number of aromatic nitrogens is 3. The first-order chi connectivity index (χ1) is 20.3. The number of amidine groups is 1. The molecule has 8 rings (SSSR count). The molecule has 10 heteroatoms. The molecule has 1 saturated heterocycles. The summed E-state index contributed by atoms with van der Waals surface area (Å²) in [5.41, 5.74) is 1.56. The molecule has 0 radical (unpaired) electrons. The van der Waals surface area contributed by atoms with Gasteiger partial charge < -0.3 is 19.6 Å². The van der Waals surface area contributed by atoms with Crippen molar-refractivity contribution in [1.82, 2.24) is 25.4 Å². The molecule has 9 nitrogen and oxygen atoms in total. The summed E-state index contributed by atoms with van der Waals surface area (Å²) in [5, 5.41) is 24.0. The van der Waals surface area contributed by atoms with Gasteiger partial charge in [-0.1, -0.05) is 24.3 Å². The standard InChI is InChI=1S/C32H40N6O3S/c1-21-18-38(19-22(2)40-21)20-23-14-25(34-27(15-23)35-31-8-11-32(39,12-9-31)13-10-31)16-28-33-17-26(42-28)30-37-36-29(41-30)24-6-4-3-5-7-24/h3-7,14,17,21-23,39H,8-13,15-16,18-20H2,1-2H3,(H,34,35)/t21-,22+,23?,31?,32?. The number of benzene rings is 1. The molecule has 42 heavy (non-hydrogen) atoms. The molecule has 2 aromatic heterocycles.